The van der Waals surface area contributed by atoms with Gasteiger partial charge >= 0.3 is 0 Å². The van der Waals surface area contributed by atoms with E-state index in [-0.39, 0.29) is 6.04 Å². The highest BCUT2D eigenvalue weighted by atomic mass is 16.5. The van der Waals surface area contributed by atoms with Crippen LogP contribution >= 0.6 is 0 Å². The van der Waals surface area contributed by atoms with E-state index >= 15 is 0 Å². The van der Waals surface area contributed by atoms with E-state index in [0.29, 0.717) is 25.2 Å². The number of nitrogens with zero attached hydrogens (tertiary/aromatic N) is 7. The molecule has 166 valence electrons. The zero-order chi connectivity index (χ0) is 22.7. The van der Waals surface area contributed by atoms with E-state index in [1.54, 1.807) is 12.4 Å². The van der Waals surface area contributed by atoms with Gasteiger partial charge in [0.2, 0.25) is 12.0 Å². The fraction of sp³-hybridized carbons (Fsp3) is 0.375. The van der Waals surface area contributed by atoms with Crippen molar-refractivity contribution < 1.29 is 4.74 Å². The number of aromatic nitrogens is 4. The van der Waals surface area contributed by atoms with E-state index in [2.05, 4.69) is 48.3 Å². The first kappa shape index (κ1) is 20.9. The van der Waals surface area contributed by atoms with Gasteiger partial charge in [0.1, 0.15) is 0 Å². The number of nitrogens with one attached hydrogen (secondary N) is 1. The van der Waals surface area contributed by atoms with Crippen molar-refractivity contribution in [3.05, 3.63) is 60.3 Å². The Hall–Kier alpha value is -3.95. The standard InChI is InChI=1S/C24H24N8O/c1-26-20-14-24(15-20,7-8-25)32-17-18(16-28-32)22-6-9-27-23(30-22)29-19-2-4-21(5-3-19)31-10-12-33-13-11-31/h2-6,9,16-17,20H,7,10-15H2,(H,27,29,30). The van der Waals surface area contributed by atoms with Crippen LogP contribution in [0.5, 0.6) is 0 Å². The number of rotatable bonds is 6. The molecule has 9 nitrogen and oxygen atoms in total. The molecule has 9 heteroatoms. The van der Waals surface area contributed by atoms with Crippen molar-refractivity contribution in [2.75, 3.05) is 36.5 Å². The van der Waals surface area contributed by atoms with E-state index < -0.39 is 5.54 Å². The first-order chi connectivity index (χ1) is 16.2. The van der Waals surface area contributed by atoms with Crippen LogP contribution in [0.3, 0.4) is 0 Å². The fourth-order valence-corrected chi connectivity index (χ4v) is 4.47. The van der Waals surface area contributed by atoms with E-state index in [9.17, 15) is 5.26 Å². The number of nitriles is 1. The Bertz CT molecular complexity index is 1190. The van der Waals surface area contributed by atoms with Crippen molar-refractivity contribution in [1.29, 1.82) is 5.26 Å². The Balaban J connectivity index is 1.30. The average molecular weight is 441 g/mol. The summed E-state index contributed by atoms with van der Waals surface area (Å²) in [5, 5.41) is 17.1. The summed E-state index contributed by atoms with van der Waals surface area (Å²) in [6.07, 6.45) is 7.05. The lowest BCUT2D eigenvalue weighted by molar-refractivity contribution is 0.120. The zero-order valence-corrected chi connectivity index (χ0v) is 18.2. The van der Waals surface area contributed by atoms with Gasteiger partial charge in [-0.15, -0.1) is 0 Å². The third-order valence-corrected chi connectivity index (χ3v) is 6.34. The minimum absolute atomic E-state index is 0.0320. The van der Waals surface area contributed by atoms with E-state index in [1.165, 1.54) is 5.69 Å². The monoisotopic (exact) mass is 440 g/mol. The number of hydrogen-bond acceptors (Lipinski definition) is 7. The van der Waals surface area contributed by atoms with Crippen molar-refractivity contribution in [1.82, 2.24) is 19.7 Å². The molecule has 0 radical (unpaired) electrons. The molecule has 33 heavy (non-hydrogen) atoms. The van der Waals surface area contributed by atoms with Crippen LogP contribution in [0, 0.1) is 17.9 Å². The third kappa shape index (κ3) is 4.23. The SMILES string of the molecule is [C-]#[N+]C1CC(CC#N)(n2cc(-c3ccnc(Nc4ccc(N5CCOCC5)cc4)n3)cn2)C1. The van der Waals surface area contributed by atoms with Gasteiger partial charge in [0.15, 0.2) is 0 Å². The lowest BCUT2D eigenvalue weighted by Gasteiger charge is -2.40. The predicted molar refractivity (Wildman–Crippen MR) is 124 cm³/mol. The van der Waals surface area contributed by atoms with Crippen LogP contribution in [-0.2, 0) is 10.3 Å². The van der Waals surface area contributed by atoms with Gasteiger partial charge in [-0.3, -0.25) is 4.68 Å². The summed E-state index contributed by atoms with van der Waals surface area (Å²) in [5.41, 5.74) is 3.29. The molecule has 1 saturated heterocycles. The Kier molecular flexibility index (Phi) is 5.64. The second-order valence-corrected chi connectivity index (χ2v) is 8.46. The molecule has 3 heterocycles. The maximum absolute atomic E-state index is 9.27. The molecule has 2 aliphatic rings. The van der Waals surface area contributed by atoms with Gasteiger partial charge in [-0.05, 0) is 30.3 Å². The Morgan fingerprint density at radius 3 is 2.73 bits per heavy atom. The lowest BCUT2D eigenvalue weighted by atomic mass is 9.71. The number of anilines is 3. The van der Waals surface area contributed by atoms with E-state index in [1.807, 2.05) is 29.1 Å². The molecular weight excluding hydrogens is 416 g/mol. The molecule has 1 aliphatic heterocycles. The van der Waals surface area contributed by atoms with Crippen LogP contribution in [0.1, 0.15) is 19.3 Å². The van der Waals surface area contributed by atoms with Crippen molar-refractivity contribution in [2.45, 2.75) is 30.8 Å². The van der Waals surface area contributed by atoms with Crippen molar-refractivity contribution >= 4 is 17.3 Å². The van der Waals surface area contributed by atoms with Crippen LogP contribution in [0.15, 0.2) is 48.9 Å². The molecule has 2 aromatic heterocycles. The fourth-order valence-electron chi connectivity index (χ4n) is 4.47. The maximum atomic E-state index is 9.27. The Morgan fingerprint density at radius 1 is 1.21 bits per heavy atom. The van der Waals surface area contributed by atoms with E-state index in [0.717, 1.165) is 43.2 Å². The maximum Gasteiger partial charge on any atom is 0.228 e. The summed E-state index contributed by atoms with van der Waals surface area (Å²) in [7, 11) is 0. The second-order valence-electron chi connectivity index (χ2n) is 8.46. The quantitative estimate of drug-likeness (QED) is 0.585. The van der Waals surface area contributed by atoms with E-state index in [4.69, 9.17) is 11.3 Å². The van der Waals surface area contributed by atoms with Crippen LogP contribution in [0.25, 0.3) is 16.1 Å². The lowest BCUT2D eigenvalue weighted by Crippen LogP contribution is -2.48. The minimum Gasteiger partial charge on any atom is -0.378 e. The average Bonchev–Trinajstić information content (AvgIpc) is 3.33. The predicted octanol–water partition coefficient (Wildman–Crippen LogP) is 3.61. The molecule has 0 atom stereocenters. The Morgan fingerprint density at radius 2 is 2.00 bits per heavy atom. The summed E-state index contributed by atoms with van der Waals surface area (Å²) >= 11 is 0. The summed E-state index contributed by atoms with van der Waals surface area (Å²) < 4.78 is 7.26. The molecule has 1 aromatic carbocycles. The number of hydrogen-bond donors (Lipinski definition) is 1. The summed E-state index contributed by atoms with van der Waals surface area (Å²) in [5.74, 6) is 0.503. The molecule has 1 saturated carbocycles. The first-order valence-electron chi connectivity index (χ1n) is 11.0. The van der Waals surface area contributed by atoms with Crippen molar-refractivity contribution in [3.63, 3.8) is 0 Å². The number of ether oxygens (including phenoxy) is 1. The van der Waals surface area contributed by atoms with Gasteiger partial charge in [-0.2, -0.15) is 10.4 Å². The van der Waals surface area contributed by atoms with Crippen LogP contribution < -0.4 is 10.2 Å². The topological polar surface area (TPSA) is 96.2 Å². The van der Waals surface area contributed by atoms with Crippen molar-refractivity contribution in [2.24, 2.45) is 0 Å². The third-order valence-electron chi connectivity index (χ3n) is 6.34. The minimum atomic E-state index is -0.390. The van der Waals surface area contributed by atoms with Crippen LogP contribution in [0.4, 0.5) is 17.3 Å². The molecule has 0 bridgehead atoms. The molecule has 0 unspecified atom stereocenters. The smallest absolute Gasteiger partial charge is 0.228 e. The summed E-state index contributed by atoms with van der Waals surface area (Å²) in [6.45, 7) is 10.6. The van der Waals surface area contributed by atoms with Crippen molar-refractivity contribution in [3.8, 4) is 17.3 Å². The highest BCUT2D eigenvalue weighted by molar-refractivity contribution is 5.62. The largest absolute Gasteiger partial charge is 0.378 e. The van der Waals surface area contributed by atoms with Gasteiger partial charge < -0.3 is 19.8 Å². The molecular formula is C24H24N8O. The zero-order valence-electron chi connectivity index (χ0n) is 18.2. The first-order valence-corrected chi connectivity index (χ1v) is 11.0. The molecule has 5 rings (SSSR count). The molecule has 1 aliphatic carbocycles. The summed E-state index contributed by atoms with van der Waals surface area (Å²) in [4.78, 5) is 14.9. The van der Waals surface area contributed by atoms with Gasteiger partial charge in [0, 0.05) is 55.3 Å². The second kappa shape index (κ2) is 8.89. The highest BCUT2D eigenvalue weighted by Gasteiger charge is 2.50. The molecule has 1 N–H and O–H groups in total. The van der Waals surface area contributed by atoms with Gasteiger partial charge in [0.25, 0.3) is 0 Å². The van der Waals surface area contributed by atoms with Gasteiger partial charge in [-0.25, -0.2) is 16.5 Å². The number of morpholine rings is 1. The Labute approximate surface area is 192 Å². The van der Waals surface area contributed by atoms with Crippen LogP contribution in [0.2, 0.25) is 0 Å². The summed E-state index contributed by atoms with van der Waals surface area (Å²) in [6, 6.07) is 12.3. The highest BCUT2D eigenvalue weighted by Crippen LogP contribution is 2.44. The number of benzene rings is 1. The normalized spacial score (nSPS) is 22.1. The molecule has 3 aromatic rings. The molecule has 2 fully saturated rings. The van der Waals surface area contributed by atoms with Crippen LogP contribution in [-0.4, -0.2) is 52.1 Å². The van der Waals surface area contributed by atoms with Gasteiger partial charge in [0.05, 0.1) is 43.1 Å². The molecule has 0 amide bonds. The molecule has 0 spiro atoms. The van der Waals surface area contributed by atoms with Gasteiger partial charge in [-0.1, -0.05) is 0 Å².